The predicted molar refractivity (Wildman–Crippen MR) is 208 cm³/mol. The van der Waals surface area contributed by atoms with Crippen LogP contribution in [0.2, 0.25) is 0 Å². The molecule has 0 amide bonds. The summed E-state index contributed by atoms with van der Waals surface area (Å²) in [5.41, 5.74) is 4.30. The first-order chi connectivity index (χ1) is 24.4. The molecule has 1 heterocycles. The number of nitrogens with zero attached hydrogens (tertiary/aromatic N) is 1. The van der Waals surface area contributed by atoms with Crippen LogP contribution >= 0.6 is 0 Å². The predicted octanol–water partition coefficient (Wildman–Crippen LogP) is 8.79. The molecule has 5 fully saturated rings. The highest BCUT2D eigenvalue weighted by Gasteiger charge is 2.70. The summed E-state index contributed by atoms with van der Waals surface area (Å²) in [6.45, 7) is 22.5. The van der Waals surface area contributed by atoms with E-state index in [0.717, 1.165) is 25.9 Å². The van der Waals surface area contributed by atoms with E-state index in [9.17, 15) is 22.7 Å². The fraction of sp³-hybridized carbons (Fsp3) is 0.841. The number of nitrogens with one attached hydrogen (secondary N) is 1. The lowest BCUT2D eigenvalue weighted by Gasteiger charge is -2.72. The van der Waals surface area contributed by atoms with E-state index in [0.29, 0.717) is 67.0 Å². The van der Waals surface area contributed by atoms with Gasteiger partial charge in [-0.3, -0.25) is 9.18 Å². The number of sulfone groups is 1. The number of fused-ring (bicyclic) bond motifs is 7. The molecular weight excluding hydrogens is 672 g/mol. The zero-order valence-electron chi connectivity index (χ0n) is 33.3. The van der Waals surface area contributed by atoms with E-state index in [1.54, 1.807) is 0 Å². The molecule has 0 bridgehead atoms. The lowest BCUT2D eigenvalue weighted by atomic mass is 9.33. The first-order valence-corrected chi connectivity index (χ1v) is 22.7. The van der Waals surface area contributed by atoms with Gasteiger partial charge in [0, 0.05) is 37.1 Å². The van der Waals surface area contributed by atoms with Crippen LogP contribution in [0.25, 0.3) is 0 Å². The average molecular weight is 741 g/mol. The van der Waals surface area contributed by atoms with Crippen LogP contribution in [0.5, 0.6) is 0 Å². The number of carboxylic acid groups (broad SMARTS) is 1. The number of aliphatic carboxylic acids is 1. The summed E-state index contributed by atoms with van der Waals surface area (Å²) in [6.07, 6.45) is 17.7. The summed E-state index contributed by atoms with van der Waals surface area (Å²) in [5, 5.41) is 13.7. The Labute approximate surface area is 314 Å². The van der Waals surface area contributed by atoms with E-state index in [1.165, 1.54) is 68.1 Å². The molecular formula is C44H69FN2O4S. The topological polar surface area (TPSA) is 86.7 Å². The fourth-order valence-electron chi connectivity index (χ4n) is 14.9. The number of allylic oxidation sites excluding steroid dienone is 5. The van der Waals surface area contributed by atoms with Gasteiger partial charge in [0.2, 0.25) is 0 Å². The minimum atomic E-state index is -2.87. The summed E-state index contributed by atoms with van der Waals surface area (Å²) < 4.78 is 38.3. The van der Waals surface area contributed by atoms with Gasteiger partial charge in [0.25, 0.3) is 0 Å². The van der Waals surface area contributed by atoms with E-state index in [-0.39, 0.29) is 33.6 Å². The van der Waals surface area contributed by atoms with Crippen molar-refractivity contribution in [2.75, 3.05) is 44.4 Å². The minimum Gasteiger partial charge on any atom is -0.481 e. The number of hydrogen-bond acceptors (Lipinski definition) is 5. The maximum Gasteiger partial charge on any atom is 0.304 e. The molecule has 4 saturated carbocycles. The third kappa shape index (κ3) is 6.05. The molecule has 52 heavy (non-hydrogen) atoms. The molecule has 292 valence electrons. The molecule has 0 aromatic carbocycles. The first-order valence-electron chi connectivity index (χ1n) is 20.9. The van der Waals surface area contributed by atoms with Gasteiger partial charge in [-0.2, -0.15) is 0 Å². The molecule has 10 atom stereocenters. The second kappa shape index (κ2) is 13.3. The number of halogens is 1. The molecule has 1 aliphatic heterocycles. The lowest BCUT2D eigenvalue weighted by Crippen LogP contribution is -2.68. The van der Waals surface area contributed by atoms with Crippen LogP contribution in [-0.4, -0.2) is 74.3 Å². The van der Waals surface area contributed by atoms with Crippen molar-refractivity contribution >= 4 is 15.8 Å². The van der Waals surface area contributed by atoms with Crippen LogP contribution in [-0.2, 0) is 14.6 Å². The quantitative estimate of drug-likeness (QED) is 0.230. The Hall–Kier alpha value is -1.51. The van der Waals surface area contributed by atoms with E-state index in [1.807, 2.05) is 0 Å². The van der Waals surface area contributed by atoms with Crippen LogP contribution in [0.3, 0.4) is 0 Å². The Morgan fingerprint density at radius 1 is 0.942 bits per heavy atom. The number of alkyl halides is 1. The Morgan fingerprint density at radius 2 is 1.67 bits per heavy atom. The molecule has 1 saturated heterocycles. The molecule has 0 aromatic heterocycles. The molecule has 6 aliphatic carbocycles. The third-order valence-corrected chi connectivity index (χ3v) is 19.5. The van der Waals surface area contributed by atoms with Gasteiger partial charge in [0.15, 0.2) is 9.84 Å². The Morgan fingerprint density at radius 3 is 2.31 bits per heavy atom. The van der Waals surface area contributed by atoms with E-state index < -0.39 is 27.9 Å². The molecule has 10 unspecified atom stereocenters. The zero-order valence-corrected chi connectivity index (χ0v) is 34.1. The van der Waals surface area contributed by atoms with Crippen LogP contribution < -0.4 is 5.32 Å². The van der Waals surface area contributed by atoms with Gasteiger partial charge in [0.1, 0.15) is 0 Å². The van der Waals surface area contributed by atoms with Crippen LogP contribution in [0.4, 0.5) is 4.39 Å². The molecule has 7 aliphatic rings. The van der Waals surface area contributed by atoms with Crippen LogP contribution in [0, 0.1) is 56.7 Å². The lowest BCUT2D eigenvalue weighted by molar-refractivity contribution is -0.221. The molecule has 8 heteroatoms. The number of hydrogen-bond donors (Lipinski definition) is 2. The van der Waals surface area contributed by atoms with Gasteiger partial charge < -0.3 is 15.3 Å². The van der Waals surface area contributed by atoms with Gasteiger partial charge in [0.05, 0.1) is 24.6 Å². The van der Waals surface area contributed by atoms with Crippen molar-refractivity contribution in [2.24, 2.45) is 56.7 Å². The van der Waals surface area contributed by atoms with Crippen molar-refractivity contribution < 1.29 is 22.7 Å². The highest BCUT2D eigenvalue weighted by molar-refractivity contribution is 7.91. The van der Waals surface area contributed by atoms with Gasteiger partial charge in [-0.25, -0.2) is 8.42 Å². The van der Waals surface area contributed by atoms with Gasteiger partial charge in [-0.05, 0) is 146 Å². The average Bonchev–Trinajstić information content (AvgIpc) is 3.46. The SMILES string of the molecule is C=C(C)C1CCC2(NCCN3CCS(=O)(=O)CC3)CCC3(C)C(CCC4C5(C)CC=C(C6=CCC(CF)(CC(=O)O)CC6)C(C)(C)C5CCC43C)C12. The second-order valence-electron chi connectivity index (χ2n) is 20.4. The van der Waals surface area contributed by atoms with Crippen molar-refractivity contribution in [3.63, 3.8) is 0 Å². The molecule has 2 N–H and O–H groups in total. The standard InChI is InChI=1S/C44H69FN2O4S/c1-30(2)32-12-19-44(46-22-23-47-24-26-52(50,51)27-25-47)21-20-41(6)34(38(32)44)8-9-36-40(5)15-13-33(39(3,4)35(40)14-16-42(36,41)7)31-10-17-43(29-45,18-11-31)28-37(48)49/h10,13,32,34-36,38,46H,1,8-9,11-12,14-29H2,2-7H3,(H,48,49). The largest absolute Gasteiger partial charge is 0.481 e. The molecule has 0 aromatic rings. The maximum atomic E-state index is 14.2. The smallest absolute Gasteiger partial charge is 0.304 e. The van der Waals surface area contributed by atoms with Gasteiger partial charge in [-0.15, -0.1) is 0 Å². The Balaban J connectivity index is 1.12. The maximum absolute atomic E-state index is 14.2. The summed E-state index contributed by atoms with van der Waals surface area (Å²) in [5.74, 6) is 2.74. The molecule has 6 nitrogen and oxygen atoms in total. The third-order valence-electron chi connectivity index (χ3n) is 17.8. The normalized spacial score (nSPS) is 45.4. The molecule has 7 rings (SSSR count). The molecule has 0 spiro atoms. The summed E-state index contributed by atoms with van der Waals surface area (Å²) in [4.78, 5) is 13.9. The fourth-order valence-corrected chi connectivity index (χ4v) is 16.2. The summed E-state index contributed by atoms with van der Waals surface area (Å²) in [6, 6.07) is 0. The Kier molecular flexibility index (Phi) is 9.92. The molecule has 0 radical (unpaired) electrons. The first kappa shape index (κ1) is 38.8. The highest BCUT2D eigenvalue weighted by atomic mass is 32.2. The van der Waals surface area contributed by atoms with Gasteiger partial charge in [-0.1, -0.05) is 58.9 Å². The van der Waals surface area contributed by atoms with Crippen molar-refractivity contribution in [3.8, 4) is 0 Å². The van der Waals surface area contributed by atoms with Crippen molar-refractivity contribution in [3.05, 3.63) is 35.5 Å². The second-order valence-corrected chi connectivity index (χ2v) is 22.7. The van der Waals surface area contributed by atoms with Crippen LogP contribution in [0.1, 0.15) is 125 Å². The monoisotopic (exact) mass is 740 g/mol. The highest BCUT2D eigenvalue weighted by Crippen LogP contribution is 2.76. The Bertz CT molecular complexity index is 1610. The van der Waals surface area contributed by atoms with Gasteiger partial charge >= 0.3 is 5.97 Å². The van der Waals surface area contributed by atoms with Crippen molar-refractivity contribution in [1.29, 1.82) is 0 Å². The number of carboxylic acids is 1. The van der Waals surface area contributed by atoms with Crippen molar-refractivity contribution in [2.45, 2.75) is 131 Å². The van der Waals surface area contributed by atoms with E-state index in [2.05, 4.69) is 70.5 Å². The minimum absolute atomic E-state index is 0.0150. The zero-order chi connectivity index (χ0) is 37.5. The van der Waals surface area contributed by atoms with Crippen LogP contribution in [0.15, 0.2) is 35.5 Å². The summed E-state index contributed by atoms with van der Waals surface area (Å²) >= 11 is 0. The van der Waals surface area contributed by atoms with Crippen molar-refractivity contribution in [1.82, 2.24) is 10.2 Å². The number of rotatable bonds is 9. The number of carbonyl (C=O) groups is 1. The van der Waals surface area contributed by atoms with E-state index in [4.69, 9.17) is 0 Å². The van der Waals surface area contributed by atoms with E-state index >= 15 is 0 Å². The summed E-state index contributed by atoms with van der Waals surface area (Å²) in [7, 11) is -2.87.